The highest BCUT2D eigenvalue weighted by molar-refractivity contribution is 5.81. The Bertz CT molecular complexity index is 168. The molecule has 1 aliphatic heterocycles. The van der Waals surface area contributed by atoms with E-state index in [0.717, 1.165) is 19.5 Å². The van der Waals surface area contributed by atoms with Crippen LogP contribution in [0.25, 0.3) is 0 Å². The molecule has 1 heterocycles. The van der Waals surface area contributed by atoms with E-state index < -0.39 is 0 Å². The molecule has 0 aromatic rings. The minimum atomic E-state index is -0.338. The quantitative estimate of drug-likeness (QED) is 0.626. The predicted molar refractivity (Wildman–Crippen MR) is 48.6 cm³/mol. The summed E-state index contributed by atoms with van der Waals surface area (Å²) in [7, 11) is 0. The Labute approximate surface area is 73.9 Å². The Kier molecular flexibility index (Phi) is 3.09. The number of nitrogens with two attached hydrogens (primary N) is 1. The van der Waals surface area contributed by atoms with Crippen LogP contribution < -0.4 is 5.73 Å². The molecule has 0 radical (unpaired) electrons. The highest BCUT2D eigenvalue weighted by atomic mass is 16.2. The third-order valence-corrected chi connectivity index (χ3v) is 2.36. The second-order valence-corrected chi connectivity index (χ2v) is 3.82. The molecule has 3 nitrogen and oxygen atoms in total. The van der Waals surface area contributed by atoms with Crippen molar-refractivity contribution < 1.29 is 4.79 Å². The van der Waals surface area contributed by atoms with Crippen molar-refractivity contribution in [1.82, 2.24) is 4.90 Å². The molecule has 0 saturated carbocycles. The molecule has 2 N–H and O–H groups in total. The van der Waals surface area contributed by atoms with E-state index >= 15 is 0 Å². The first kappa shape index (κ1) is 9.52. The average molecular weight is 170 g/mol. The highest BCUT2D eigenvalue weighted by Crippen LogP contribution is 2.15. The van der Waals surface area contributed by atoms with E-state index in [-0.39, 0.29) is 11.9 Å². The zero-order valence-electron chi connectivity index (χ0n) is 7.92. The fraction of sp³-hybridized carbons (Fsp3) is 0.889. The molecule has 0 aliphatic carbocycles. The highest BCUT2D eigenvalue weighted by Gasteiger charge is 2.22. The maximum absolute atomic E-state index is 11.4. The second kappa shape index (κ2) is 3.90. The second-order valence-electron chi connectivity index (χ2n) is 3.82. The zero-order chi connectivity index (χ0) is 9.14. The number of amides is 1. The first-order valence-electron chi connectivity index (χ1n) is 4.65. The molecule has 1 aliphatic rings. The molecule has 1 fully saturated rings. The molecule has 1 amide bonds. The standard InChI is InChI=1S/C9H18N2O/c1-7-4-3-5-11(6-7)9(12)8(2)10/h7-8H,3-6,10H2,1-2H3/t7-,8?/m0/s1. The first-order chi connectivity index (χ1) is 5.61. The van der Waals surface area contributed by atoms with Crippen LogP contribution >= 0.6 is 0 Å². The van der Waals surface area contributed by atoms with Crippen LogP contribution in [0, 0.1) is 5.92 Å². The van der Waals surface area contributed by atoms with Crippen LogP contribution in [0.15, 0.2) is 0 Å². The van der Waals surface area contributed by atoms with Crippen molar-refractivity contribution >= 4 is 5.91 Å². The van der Waals surface area contributed by atoms with Gasteiger partial charge in [-0.15, -0.1) is 0 Å². The van der Waals surface area contributed by atoms with E-state index in [2.05, 4.69) is 6.92 Å². The maximum Gasteiger partial charge on any atom is 0.239 e. The van der Waals surface area contributed by atoms with Gasteiger partial charge in [-0.3, -0.25) is 4.79 Å². The van der Waals surface area contributed by atoms with E-state index in [1.165, 1.54) is 6.42 Å². The smallest absolute Gasteiger partial charge is 0.239 e. The van der Waals surface area contributed by atoms with Gasteiger partial charge in [-0.25, -0.2) is 0 Å². The summed E-state index contributed by atoms with van der Waals surface area (Å²) in [6, 6.07) is -0.338. The van der Waals surface area contributed by atoms with Crippen LogP contribution in [0.3, 0.4) is 0 Å². The summed E-state index contributed by atoms with van der Waals surface area (Å²) in [5, 5.41) is 0. The van der Waals surface area contributed by atoms with Crippen LogP contribution in [0.5, 0.6) is 0 Å². The number of likely N-dealkylation sites (tertiary alicyclic amines) is 1. The van der Waals surface area contributed by atoms with Crippen molar-refractivity contribution in [2.75, 3.05) is 13.1 Å². The van der Waals surface area contributed by atoms with Gasteiger partial charge in [0.2, 0.25) is 5.91 Å². The topological polar surface area (TPSA) is 46.3 Å². The summed E-state index contributed by atoms with van der Waals surface area (Å²) in [5.41, 5.74) is 5.52. The van der Waals surface area contributed by atoms with E-state index in [1.54, 1.807) is 6.92 Å². The van der Waals surface area contributed by atoms with Crippen LogP contribution in [0.1, 0.15) is 26.7 Å². The summed E-state index contributed by atoms with van der Waals surface area (Å²) < 4.78 is 0. The van der Waals surface area contributed by atoms with Gasteiger partial charge in [-0.2, -0.15) is 0 Å². The van der Waals surface area contributed by atoms with Gasteiger partial charge in [0.1, 0.15) is 0 Å². The molecule has 1 saturated heterocycles. The lowest BCUT2D eigenvalue weighted by Gasteiger charge is -2.31. The third-order valence-electron chi connectivity index (χ3n) is 2.36. The summed E-state index contributed by atoms with van der Waals surface area (Å²) in [4.78, 5) is 13.3. The number of rotatable bonds is 1. The Morgan fingerprint density at radius 3 is 2.83 bits per heavy atom. The van der Waals surface area contributed by atoms with Crippen molar-refractivity contribution in [3.05, 3.63) is 0 Å². The summed E-state index contributed by atoms with van der Waals surface area (Å²) in [5.74, 6) is 0.739. The maximum atomic E-state index is 11.4. The van der Waals surface area contributed by atoms with Gasteiger partial charge in [0.05, 0.1) is 6.04 Å². The van der Waals surface area contributed by atoms with Gasteiger partial charge in [0.15, 0.2) is 0 Å². The van der Waals surface area contributed by atoms with E-state index in [0.29, 0.717) is 5.92 Å². The Hall–Kier alpha value is -0.570. The normalized spacial score (nSPS) is 26.9. The van der Waals surface area contributed by atoms with Crippen LogP contribution in [0.2, 0.25) is 0 Å². The van der Waals surface area contributed by atoms with Crippen LogP contribution in [0.4, 0.5) is 0 Å². The third kappa shape index (κ3) is 2.21. The van der Waals surface area contributed by atoms with Crippen molar-refractivity contribution in [2.24, 2.45) is 11.7 Å². The molecule has 0 spiro atoms. The molecule has 1 rings (SSSR count). The number of nitrogens with zero attached hydrogens (tertiary/aromatic N) is 1. The fourth-order valence-corrected chi connectivity index (χ4v) is 1.68. The minimum Gasteiger partial charge on any atom is -0.341 e. The van der Waals surface area contributed by atoms with Gasteiger partial charge in [-0.05, 0) is 25.7 Å². The molecule has 3 heteroatoms. The number of carbonyl (C=O) groups is 1. The monoisotopic (exact) mass is 170 g/mol. The van der Waals surface area contributed by atoms with Crippen molar-refractivity contribution in [1.29, 1.82) is 0 Å². The summed E-state index contributed by atoms with van der Waals surface area (Å²) in [6.45, 7) is 5.72. The van der Waals surface area contributed by atoms with Gasteiger partial charge in [0.25, 0.3) is 0 Å². The van der Waals surface area contributed by atoms with E-state index in [4.69, 9.17) is 5.73 Å². The summed E-state index contributed by atoms with van der Waals surface area (Å²) in [6.07, 6.45) is 2.36. The minimum absolute atomic E-state index is 0.0987. The largest absolute Gasteiger partial charge is 0.341 e. The number of hydrogen-bond donors (Lipinski definition) is 1. The molecule has 1 unspecified atom stereocenters. The molecule has 0 aromatic carbocycles. The predicted octanol–water partition coefficient (Wildman–Crippen LogP) is 0.592. The zero-order valence-corrected chi connectivity index (χ0v) is 7.92. The van der Waals surface area contributed by atoms with E-state index in [9.17, 15) is 4.79 Å². The first-order valence-corrected chi connectivity index (χ1v) is 4.65. The Morgan fingerprint density at radius 2 is 2.33 bits per heavy atom. The average Bonchev–Trinajstić information content (AvgIpc) is 2.03. The molecule has 70 valence electrons. The molecular weight excluding hydrogens is 152 g/mol. The van der Waals surface area contributed by atoms with E-state index in [1.807, 2.05) is 4.90 Å². The fourth-order valence-electron chi connectivity index (χ4n) is 1.68. The lowest BCUT2D eigenvalue weighted by Crippen LogP contribution is -2.46. The van der Waals surface area contributed by atoms with Crippen molar-refractivity contribution in [3.8, 4) is 0 Å². The van der Waals surface area contributed by atoms with Gasteiger partial charge < -0.3 is 10.6 Å². The Morgan fingerprint density at radius 1 is 1.67 bits per heavy atom. The number of hydrogen-bond acceptors (Lipinski definition) is 2. The summed E-state index contributed by atoms with van der Waals surface area (Å²) >= 11 is 0. The van der Waals surface area contributed by atoms with Crippen molar-refractivity contribution in [3.63, 3.8) is 0 Å². The van der Waals surface area contributed by atoms with Gasteiger partial charge >= 0.3 is 0 Å². The molecule has 2 atom stereocenters. The van der Waals surface area contributed by atoms with Gasteiger partial charge in [0, 0.05) is 13.1 Å². The van der Waals surface area contributed by atoms with Gasteiger partial charge in [-0.1, -0.05) is 6.92 Å². The lowest BCUT2D eigenvalue weighted by atomic mass is 10.00. The molecule has 0 aromatic heterocycles. The van der Waals surface area contributed by atoms with Crippen LogP contribution in [-0.4, -0.2) is 29.9 Å². The molecule has 12 heavy (non-hydrogen) atoms. The molecule has 0 bridgehead atoms. The van der Waals surface area contributed by atoms with Crippen LogP contribution in [-0.2, 0) is 4.79 Å². The SMILES string of the molecule is CC(N)C(=O)N1CCC[C@H](C)C1. The molecular formula is C9H18N2O. The number of carbonyl (C=O) groups excluding carboxylic acids is 1. The Balaban J connectivity index is 2.46. The van der Waals surface area contributed by atoms with Crippen molar-refractivity contribution in [2.45, 2.75) is 32.7 Å². The lowest BCUT2D eigenvalue weighted by molar-refractivity contribution is -0.133. The number of piperidine rings is 1.